The topological polar surface area (TPSA) is 66.2 Å². The Kier molecular flexibility index (Phi) is 4.43. The fraction of sp³-hybridized carbons (Fsp3) is 0.471. The Hall–Kier alpha value is -1.97. The first-order valence-corrected chi connectivity index (χ1v) is 7.94. The minimum Gasteiger partial charge on any atom is -0.370 e. The normalized spacial score (nSPS) is 17.8. The molecule has 0 aliphatic heterocycles. The summed E-state index contributed by atoms with van der Waals surface area (Å²) in [5, 5.41) is 4.60. The van der Waals surface area contributed by atoms with Crippen molar-refractivity contribution in [3.05, 3.63) is 36.0 Å². The number of aromatic amines is 1. The second kappa shape index (κ2) is 6.66. The number of nitrogens with two attached hydrogens (primary N) is 1. The van der Waals surface area contributed by atoms with E-state index in [1.807, 2.05) is 12.1 Å². The monoisotopic (exact) mass is 284 g/mol. The van der Waals surface area contributed by atoms with Crippen molar-refractivity contribution in [1.29, 1.82) is 0 Å². The van der Waals surface area contributed by atoms with Gasteiger partial charge in [-0.05, 0) is 30.4 Å². The third-order valence-electron chi connectivity index (χ3n) is 4.21. The van der Waals surface area contributed by atoms with Crippen LogP contribution in [0.15, 0.2) is 35.3 Å². The Labute approximate surface area is 125 Å². The van der Waals surface area contributed by atoms with Gasteiger partial charge in [-0.2, -0.15) is 0 Å². The number of para-hydroxylation sites is 1. The number of benzene rings is 1. The van der Waals surface area contributed by atoms with Crippen LogP contribution in [0.4, 0.5) is 0 Å². The minimum absolute atomic E-state index is 0.499. The van der Waals surface area contributed by atoms with Gasteiger partial charge in [-0.1, -0.05) is 43.9 Å². The molecule has 1 saturated carbocycles. The number of nitrogens with one attached hydrogen (secondary N) is 2. The smallest absolute Gasteiger partial charge is 0.189 e. The summed E-state index contributed by atoms with van der Waals surface area (Å²) < 4.78 is 0. The molecule has 1 heterocycles. The number of rotatable bonds is 3. The molecule has 4 nitrogen and oxygen atoms in total. The van der Waals surface area contributed by atoms with Crippen molar-refractivity contribution < 1.29 is 0 Å². The molecule has 0 unspecified atom stereocenters. The van der Waals surface area contributed by atoms with E-state index in [2.05, 4.69) is 33.5 Å². The summed E-state index contributed by atoms with van der Waals surface area (Å²) in [5.74, 6) is 0.570. The maximum absolute atomic E-state index is 6.02. The van der Waals surface area contributed by atoms with Gasteiger partial charge in [-0.25, -0.2) is 4.99 Å². The highest BCUT2D eigenvalue weighted by Crippen LogP contribution is 2.17. The number of aromatic nitrogens is 1. The Morgan fingerprint density at radius 2 is 1.95 bits per heavy atom. The van der Waals surface area contributed by atoms with Crippen molar-refractivity contribution in [2.45, 2.75) is 51.1 Å². The first-order valence-electron chi connectivity index (χ1n) is 7.94. The Morgan fingerprint density at radius 3 is 2.71 bits per heavy atom. The number of H-pyrrole nitrogens is 1. The van der Waals surface area contributed by atoms with Crippen molar-refractivity contribution >= 4 is 16.9 Å². The second-order valence-corrected chi connectivity index (χ2v) is 5.92. The Balaban J connectivity index is 1.59. The molecule has 3 rings (SSSR count). The quantitative estimate of drug-likeness (QED) is 0.460. The van der Waals surface area contributed by atoms with Crippen LogP contribution in [0, 0.1) is 0 Å². The Morgan fingerprint density at radius 1 is 1.19 bits per heavy atom. The van der Waals surface area contributed by atoms with Gasteiger partial charge in [0.25, 0.3) is 0 Å². The van der Waals surface area contributed by atoms with E-state index in [1.54, 1.807) is 0 Å². The number of hydrogen-bond donors (Lipinski definition) is 3. The molecular formula is C17H24N4. The summed E-state index contributed by atoms with van der Waals surface area (Å²) in [7, 11) is 0. The van der Waals surface area contributed by atoms with E-state index in [0.717, 1.165) is 11.2 Å². The van der Waals surface area contributed by atoms with Gasteiger partial charge in [0.1, 0.15) is 0 Å². The van der Waals surface area contributed by atoms with E-state index >= 15 is 0 Å². The molecule has 4 N–H and O–H groups in total. The standard InChI is InChI=1S/C17H24N4/c18-17(21-14-8-3-1-2-4-9-14)19-12-15-11-13-7-5-6-10-16(13)20-15/h5-7,10-11,14,20H,1-4,8-9,12H2,(H3,18,19,21). The zero-order chi connectivity index (χ0) is 14.5. The van der Waals surface area contributed by atoms with Crippen molar-refractivity contribution in [3.8, 4) is 0 Å². The largest absolute Gasteiger partial charge is 0.370 e. The van der Waals surface area contributed by atoms with Gasteiger partial charge < -0.3 is 16.0 Å². The third kappa shape index (κ3) is 3.78. The summed E-state index contributed by atoms with van der Waals surface area (Å²) in [5.41, 5.74) is 8.27. The highest BCUT2D eigenvalue weighted by Gasteiger charge is 2.12. The van der Waals surface area contributed by atoms with E-state index in [1.165, 1.54) is 43.9 Å². The summed E-state index contributed by atoms with van der Waals surface area (Å²) >= 11 is 0. The summed E-state index contributed by atoms with van der Waals surface area (Å²) in [6.07, 6.45) is 7.72. The fourth-order valence-corrected chi connectivity index (χ4v) is 3.07. The molecule has 0 amide bonds. The van der Waals surface area contributed by atoms with E-state index in [-0.39, 0.29) is 0 Å². The van der Waals surface area contributed by atoms with Gasteiger partial charge in [-0.15, -0.1) is 0 Å². The predicted octanol–water partition coefficient (Wildman–Crippen LogP) is 3.30. The summed E-state index contributed by atoms with van der Waals surface area (Å²) in [4.78, 5) is 7.84. The van der Waals surface area contributed by atoms with Crippen molar-refractivity contribution in [1.82, 2.24) is 10.3 Å². The Bertz CT molecular complexity index is 573. The zero-order valence-electron chi connectivity index (χ0n) is 12.4. The van der Waals surface area contributed by atoms with Crippen LogP contribution in [0.2, 0.25) is 0 Å². The van der Waals surface area contributed by atoms with Crippen LogP contribution in [0.3, 0.4) is 0 Å². The minimum atomic E-state index is 0.499. The molecule has 0 saturated heterocycles. The van der Waals surface area contributed by atoms with Crippen LogP contribution in [-0.2, 0) is 6.54 Å². The maximum atomic E-state index is 6.02. The van der Waals surface area contributed by atoms with Gasteiger partial charge in [0.05, 0.1) is 6.54 Å². The molecule has 4 heteroatoms. The molecule has 0 radical (unpaired) electrons. The van der Waals surface area contributed by atoms with Crippen molar-refractivity contribution in [3.63, 3.8) is 0 Å². The van der Waals surface area contributed by atoms with Crippen LogP contribution < -0.4 is 11.1 Å². The van der Waals surface area contributed by atoms with Crippen molar-refractivity contribution in [2.24, 2.45) is 10.7 Å². The molecular weight excluding hydrogens is 260 g/mol. The molecule has 0 spiro atoms. The first-order chi connectivity index (χ1) is 10.3. The molecule has 1 aromatic carbocycles. The molecule has 2 aromatic rings. The van der Waals surface area contributed by atoms with E-state index < -0.39 is 0 Å². The molecule has 1 aromatic heterocycles. The number of guanidine groups is 1. The fourth-order valence-electron chi connectivity index (χ4n) is 3.07. The molecule has 112 valence electrons. The van der Waals surface area contributed by atoms with E-state index in [4.69, 9.17) is 5.73 Å². The van der Waals surface area contributed by atoms with Crippen LogP contribution in [0.1, 0.15) is 44.2 Å². The highest BCUT2D eigenvalue weighted by atomic mass is 15.1. The van der Waals surface area contributed by atoms with Crippen molar-refractivity contribution in [2.75, 3.05) is 0 Å². The molecule has 21 heavy (non-hydrogen) atoms. The molecule has 1 fully saturated rings. The van der Waals surface area contributed by atoms with Gasteiger partial charge in [0.15, 0.2) is 5.96 Å². The number of fused-ring (bicyclic) bond motifs is 1. The lowest BCUT2D eigenvalue weighted by Gasteiger charge is -2.16. The molecule has 1 aliphatic carbocycles. The molecule has 0 atom stereocenters. The number of hydrogen-bond acceptors (Lipinski definition) is 1. The molecule has 0 bridgehead atoms. The lowest BCUT2D eigenvalue weighted by Crippen LogP contribution is -2.39. The van der Waals surface area contributed by atoms with Crippen LogP contribution in [0.25, 0.3) is 10.9 Å². The first kappa shape index (κ1) is 14.0. The summed E-state index contributed by atoms with van der Waals surface area (Å²) in [6.45, 7) is 0.597. The lowest BCUT2D eigenvalue weighted by atomic mass is 10.1. The van der Waals surface area contributed by atoms with Gasteiger partial charge in [0, 0.05) is 17.3 Å². The summed E-state index contributed by atoms with van der Waals surface area (Å²) in [6, 6.07) is 10.9. The lowest BCUT2D eigenvalue weighted by molar-refractivity contribution is 0.530. The maximum Gasteiger partial charge on any atom is 0.189 e. The van der Waals surface area contributed by atoms with Gasteiger partial charge in [0.2, 0.25) is 0 Å². The highest BCUT2D eigenvalue weighted by molar-refractivity contribution is 5.81. The van der Waals surface area contributed by atoms with Crippen LogP contribution >= 0.6 is 0 Å². The zero-order valence-corrected chi connectivity index (χ0v) is 12.4. The average molecular weight is 284 g/mol. The third-order valence-corrected chi connectivity index (χ3v) is 4.21. The SMILES string of the molecule is NC(=NCc1cc2ccccc2[nH]1)NC1CCCCCC1. The number of aliphatic imine (C=N–C) groups is 1. The van der Waals surface area contributed by atoms with Crippen LogP contribution in [-0.4, -0.2) is 17.0 Å². The predicted molar refractivity (Wildman–Crippen MR) is 88.3 cm³/mol. The van der Waals surface area contributed by atoms with Gasteiger partial charge in [-0.3, -0.25) is 0 Å². The number of nitrogens with zero attached hydrogens (tertiary/aromatic N) is 1. The van der Waals surface area contributed by atoms with E-state index in [9.17, 15) is 0 Å². The van der Waals surface area contributed by atoms with Crippen LogP contribution in [0.5, 0.6) is 0 Å². The second-order valence-electron chi connectivity index (χ2n) is 5.92. The average Bonchev–Trinajstić information content (AvgIpc) is 2.74. The van der Waals surface area contributed by atoms with E-state index in [0.29, 0.717) is 18.5 Å². The molecule has 1 aliphatic rings. The van der Waals surface area contributed by atoms with Gasteiger partial charge >= 0.3 is 0 Å².